The number of piperidine rings is 1. The Morgan fingerprint density at radius 2 is 1.90 bits per heavy atom. The molecule has 3 aliphatic rings. The Kier molecular flexibility index (Phi) is 7.99. The molecule has 3 aromatic heterocycles. The summed E-state index contributed by atoms with van der Waals surface area (Å²) in [4.78, 5) is 14.2. The highest BCUT2D eigenvalue weighted by molar-refractivity contribution is 6.30. The van der Waals surface area contributed by atoms with Gasteiger partial charge in [0.1, 0.15) is 17.2 Å². The van der Waals surface area contributed by atoms with Gasteiger partial charge in [-0.1, -0.05) is 23.7 Å². The van der Waals surface area contributed by atoms with Gasteiger partial charge in [0.25, 0.3) is 5.79 Å². The number of nitrogens with zero attached hydrogens (tertiary/aromatic N) is 6. The number of aromatic amines is 1. The lowest BCUT2D eigenvalue weighted by atomic mass is 9.88. The zero-order valence-corrected chi connectivity index (χ0v) is 27.2. The number of para-hydroxylation sites is 1. The van der Waals surface area contributed by atoms with Crippen molar-refractivity contribution >= 4 is 22.8 Å². The number of imidazole rings is 1. The maximum atomic E-state index is 14.9. The zero-order valence-electron chi connectivity index (χ0n) is 26.4. The molecule has 0 aliphatic carbocycles. The van der Waals surface area contributed by atoms with Crippen LogP contribution < -0.4 is 9.47 Å². The van der Waals surface area contributed by atoms with Gasteiger partial charge in [0.2, 0.25) is 5.82 Å². The van der Waals surface area contributed by atoms with E-state index >= 15 is 0 Å². The average Bonchev–Trinajstić information content (AvgIpc) is 3.88. The first-order valence-corrected chi connectivity index (χ1v) is 16.5. The molecule has 2 saturated heterocycles. The van der Waals surface area contributed by atoms with Gasteiger partial charge in [0, 0.05) is 48.3 Å². The van der Waals surface area contributed by atoms with Crippen LogP contribution in [0.3, 0.4) is 0 Å². The van der Waals surface area contributed by atoms with E-state index in [-0.39, 0.29) is 17.3 Å². The Morgan fingerprint density at radius 3 is 2.63 bits per heavy atom. The van der Waals surface area contributed by atoms with Gasteiger partial charge >= 0.3 is 6.18 Å². The number of ether oxygens (including phenoxy) is 3. The van der Waals surface area contributed by atoms with Crippen LogP contribution in [0.5, 0.6) is 11.5 Å². The van der Waals surface area contributed by atoms with Crippen LogP contribution in [0.1, 0.15) is 54.9 Å². The summed E-state index contributed by atoms with van der Waals surface area (Å²) in [5.41, 5.74) is 2.90. The molecule has 3 aliphatic heterocycles. The quantitative estimate of drug-likeness (QED) is 0.180. The van der Waals surface area contributed by atoms with E-state index in [1.54, 1.807) is 25.1 Å². The minimum atomic E-state index is -4.63. The first-order valence-electron chi connectivity index (χ1n) is 16.2. The van der Waals surface area contributed by atoms with E-state index in [1.165, 1.54) is 12.3 Å². The number of nitrogens with one attached hydrogen (secondary N) is 1. The van der Waals surface area contributed by atoms with Crippen molar-refractivity contribution in [1.29, 1.82) is 0 Å². The van der Waals surface area contributed by atoms with Crippen LogP contribution in [0.4, 0.5) is 17.6 Å². The number of aromatic nitrogens is 6. The summed E-state index contributed by atoms with van der Waals surface area (Å²) in [6.07, 6.45) is -0.487. The van der Waals surface area contributed by atoms with Gasteiger partial charge in [-0.25, -0.2) is 14.4 Å². The molecule has 8 rings (SSSR count). The summed E-state index contributed by atoms with van der Waals surface area (Å²) in [7, 11) is 0. The topological polar surface area (TPSA) is 103 Å². The van der Waals surface area contributed by atoms with Gasteiger partial charge in [-0.05, 0) is 68.6 Å². The van der Waals surface area contributed by atoms with Crippen LogP contribution in [-0.2, 0) is 29.8 Å². The molecule has 1 N–H and O–H groups in total. The van der Waals surface area contributed by atoms with Crippen molar-refractivity contribution in [1.82, 2.24) is 34.6 Å². The molecule has 0 saturated carbocycles. The van der Waals surface area contributed by atoms with Crippen molar-refractivity contribution in [3.63, 3.8) is 0 Å². The number of hydrogen-bond acceptors (Lipinski definition) is 8. The number of likely N-dealkylation sites (tertiary alicyclic amines) is 1. The Balaban J connectivity index is 1.01. The summed E-state index contributed by atoms with van der Waals surface area (Å²) in [6.45, 7) is 5.91. The molecule has 256 valence electrons. The molecule has 6 heterocycles. The second-order valence-corrected chi connectivity index (χ2v) is 13.4. The summed E-state index contributed by atoms with van der Waals surface area (Å²) in [6, 6.07) is 12.0. The zero-order chi connectivity index (χ0) is 33.9. The maximum Gasteiger partial charge on any atom is 0.451 e. The molecule has 15 heteroatoms. The van der Waals surface area contributed by atoms with Crippen molar-refractivity contribution in [2.24, 2.45) is 5.92 Å². The minimum absolute atomic E-state index is 0.0236. The molecular weight excluding hydrogens is 666 g/mol. The largest absolute Gasteiger partial charge is 0.451 e. The van der Waals surface area contributed by atoms with Crippen LogP contribution in [0.2, 0.25) is 5.02 Å². The third-order valence-electron chi connectivity index (χ3n) is 9.58. The number of rotatable bonds is 7. The SMILES string of the molecule is CC1(c2ccc(Cl)cc2F)Oc2cccc(C3CCN(Cc4nc5cc(-c6nnc(C(F)(F)F)[nH]6)cnc5n4CC4CCOC4)CC3)c2O1. The molecule has 49 heavy (non-hydrogen) atoms. The van der Waals surface area contributed by atoms with E-state index in [2.05, 4.69) is 29.6 Å². The highest BCUT2D eigenvalue weighted by Gasteiger charge is 2.43. The molecule has 2 unspecified atom stereocenters. The summed E-state index contributed by atoms with van der Waals surface area (Å²) in [5.74, 6) is -0.453. The lowest BCUT2D eigenvalue weighted by Crippen LogP contribution is -2.34. The maximum absolute atomic E-state index is 14.9. The van der Waals surface area contributed by atoms with Crippen LogP contribution >= 0.6 is 11.6 Å². The predicted octanol–water partition coefficient (Wildman–Crippen LogP) is 7.09. The summed E-state index contributed by atoms with van der Waals surface area (Å²) < 4.78 is 74.6. The fourth-order valence-electron chi connectivity index (χ4n) is 7.04. The van der Waals surface area contributed by atoms with Gasteiger partial charge < -0.3 is 23.8 Å². The van der Waals surface area contributed by atoms with E-state index in [9.17, 15) is 17.6 Å². The van der Waals surface area contributed by atoms with Crippen molar-refractivity contribution in [3.05, 3.63) is 82.3 Å². The van der Waals surface area contributed by atoms with E-state index in [0.29, 0.717) is 65.5 Å². The molecule has 2 aromatic carbocycles. The highest BCUT2D eigenvalue weighted by Crippen LogP contribution is 2.50. The molecule has 2 atom stereocenters. The van der Waals surface area contributed by atoms with Crippen molar-refractivity contribution in [2.75, 3.05) is 26.3 Å². The summed E-state index contributed by atoms with van der Waals surface area (Å²) in [5, 5.41) is 7.23. The number of fused-ring (bicyclic) bond motifs is 2. The molecular formula is C34H32ClF4N7O3. The first-order chi connectivity index (χ1) is 23.5. The van der Waals surface area contributed by atoms with Gasteiger partial charge in [-0.3, -0.25) is 4.90 Å². The van der Waals surface area contributed by atoms with Crippen LogP contribution in [-0.4, -0.2) is 60.9 Å². The van der Waals surface area contributed by atoms with Gasteiger partial charge in [-0.15, -0.1) is 10.2 Å². The molecule has 5 aromatic rings. The smallest absolute Gasteiger partial charge is 0.444 e. The number of benzene rings is 2. The van der Waals surface area contributed by atoms with E-state index in [0.717, 1.165) is 43.7 Å². The lowest BCUT2D eigenvalue weighted by Gasteiger charge is -2.32. The molecule has 0 bridgehead atoms. The van der Waals surface area contributed by atoms with Gasteiger partial charge in [0.05, 0.1) is 18.7 Å². The second-order valence-electron chi connectivity index (χ2n) is 13.0. The lowest BCUT2D eigenvalue weighted by molar-refractivity contribution is -0.144. The van der Waals surface area contributed by atoms with Crippen molar-refractivity contribution in [2.45, 2.75) is 57.2 Å². The Hall–Kier alpha value is -4.27. The normalized spacial score (nSPS) is 21.6. The van der Waals surface area contributed by atoms with E-state index in [1.807, 2.05) is 18.2 Å². The van der Waals surface area contributed by atoms with Gasteiger partial charge in [0.15, 0.2) is 23.0 Å². The third kappa shape index (κ3) is 6.10. The monoisotopic (exact) mass is 697 g/mol. The summed E-state index contributed by atoms with van der Waals surface area (Å²) >= 11 is 5.98. The Labute approximate surface area is 283 Å². The molecule has 0 amide bonds. The molecule has 2 fully saturated rings. The standard InChI is InChI=1S/C34H32ClF4N7O3/c1-33(24-6-5-22(35)14-25(24)36)48-27-4-2-3-23(29(27)49-33)20-7-10-45(11-8-20)17-28-41-26-13-21(30-42-32(44-43-30)34(37,38)39)15-40-31(26)46(28)16-19-9-12-47-18-19/h2-6,13-15,19-20H,7-12,16-18H2,1H3,(H,42,43,44). The Bertz CT molecular complexity index is 2020. The molecule has 0 spiro atoms. The fraction of sp³-hybridized carbons (Fsp3) is 0.412. The second kappa shape index (κ2) is 12.3. The van der Waals surface area contributed by atoms with Gasteiger partial charge in [-0.2, -0.15) is 13.2 Å². The molecule has 0 radical (unpaired) electrons. The number of alkyl halides is 3. The number of pyridine rings is 1. The molecule has 10 nitrogen and oxygen atoms in total. The average molecular weight is 698 g/mol. The van der Waals surface area contributed by atoms with Crippen LogP contribution in [0.25, 0.3) is 22.6 Å². The first kappa shape index (κ1) is 32.0. The van der Waals surface area contributed by atoms with Crippen LogP contribution in [0, 0.1) is 11.7 Å². The minimum Gasteiger partial charge on any atom is -0.444 e. The predicted molar refractivity (Wildman–Crippen MR) is 171 cm³/mol. The fourth-order valence-corrected chi connectivity index (χ4v) is 7.20. The number of H-pyrrole nitrogens is 1. The van der Waals surface area contributed by atoms with E-state index in [4.69, 9.17) is 30.8 Å². The van der Waals surface area contributed by atoms with E-state index < -0.39 is 23.6 Å². The van der Waals surface area contributed by atoms with Crippen molar-refractivity contribution < 1.29 is 31.8 Å². The van der Waals surface area contributed by atoms with Crippen molar-refractivity contribution in [3.8, 4) is 22.9 Å². The highest BCUT2D eigenvalue weighted by atomic mass is 35.5. The number of halogens is 5. The Morgan fingerprint density at radius 1 is 1.06 bits per heavy atom. The number of hydrogen-bond donors (Lipinski definition) is 1. The third-order valence-corrected chi connectivity index (χ3v) is 9.82. The van der Waals surface area contributed by atoms with Crippen LogP contribution in [0.15, 0.2) is 48.7 Å².